The maximum absolute atomic E-state index is 8.85. The van der Waals surface area contributed by atoms with Crippen molar-refractivity contribution < 1.29 is 0 Å². The van der Waals surface area contributed by atoms with E-state index in [1.807, 2.05) is 59.2 Å². The monoisotopic (exact) mass is 357 g/mol. The third-order valence-electron chi connectivity index (χ3n) is 3.48. The first-order valence-corrected chi connectivity index (χ1v) is 8.49. The molecule has 0 amide bonds. The summed E-state index contributed by atoms with van der Waals surface area (Å²) in [5, 5.41) is 18.7. The zero-order chi connectivity index (χ0) is 17.8. The Balaban J connectivity index is 1.79. The van der Waals surface area contributed by atoms with Gasteiger partial charge in [0.1, 0.15) is 16.8 Å². The van der Waals surface area contributed by atoms with Gasteiger partial charge in [0.05, 0.1) is 12.4 Å². The van der Waals surface area contributed by atoms with Crippen molar-refractivity contribution in [2.24, 2.45) is 0 Å². The fourth-order valence-corrected chi connectivity index (χ4v) is 3.09. The molecular formula is C18H11N7S. The molecule has 8 heteroatoms. The molecule has 3 heterocycles. The summed E-state index contributed by atoms with van der Waals surface area (Å²) in [4.78, 5) is 12.7. The number of para-hydroxylation sites is 1. The van der Waals surface area contributed by atoms with Gasteiger partial charge in [0.2, 0.25) is 5.16 Å². The third-order valence-corrected chi connectivity index (χ3v) is 4.35. The minimum absolute atomic E-state index is 0.271. The summed E-state index contributed by atoms with van der Waals surface area (Å²) in [6, 6.07) is 17.4. The number of pyridine rings is 1. The normalized spacial score (nSPS) is 10.4. The molecule has 3 aromatic heterocycles. The number of rotatable bonds is 4. The van der Waals surface area contributed by atoms with Gasteiger partial charge >= 0.3 is 0 Å². The number of aromatic nitrogens is 6. The molecule has 0 aliphatic heterocycles. The molecule has 0 N–H and O–H groups in total. The SMILES string of the molecule is N#Cc1cnc(Sc2nnc(-c3ccccn3)n2-c2ccccc2)cn1. The van der Waals surface area contributed by atoms with Gasteiger partial charge in [-0.3, -0.25) is 9.55 Å². The van der Waals surface area contributed by atoms with E-state index in [1.165, 1.54) is 18.0 Å². The second-order valence-electron chi connectivity index (χ2n) is 5.15. The van der Waals surface area contributed by atoms with E-state index in [-0.39, 0.29) is 5.69 Å². The summed E-state index contributed by atoms with van der Waals surface area (Å²) in [5.41, 5.74) is 1.91. The van der Waals surface area contributed by atoms with E-state index in [2.05, 4.69) is 25.1 Å². The number of nitriles is 1. The lowest BCUT2D eigenvalue weighted by Gasteiger charge is -2.09. The van der Waals surface area contributed by atoms with Gasteiger partial charge in [-0.15, -0.1) is 10.2 Å². The molecule has 1 aromatic carbocycles. The molecule has 0 bridgehead atoms. The lowest BCUT2D eigenvalue weighted by atomic mass is 10.3. The standard InChI is InChI=1S/C18H11N7S/c19-10-13-11-22-16(12-21-13)26-18-24-23-17(15-8-4-5-9-20-15)25(18)14-6-2-1-3-7-14/h1-9,11-12H. The Morgan fingerprint density at radius 3 is 2.42 bits per heavy atom. The first-order chi connectivity index (χ1) is 12.8. The molecule has 26 heavy (non-hydrogen) atoms. The van der Waals surface area contributed by atoms with Crippen LogP contribution in [-0.2, 0) is 0 Å². The van der Waals surface area contributed by atoms with Gasteiger partial charge in [-0.25, -0.2) is 9.97 Å². The van der Waals surface area contributed by atoms with Crippen molar-refractivity contribution in [3.8, 4) is 23.3 Å². The van der Waals surface area contributed by atoms with E-state index >= 15 is 0 Å². The van der Waals surface area contributed by atoms with E-state index in [1.54, 1.807) is 12.4 Å². The van der Waals surface area contributed by atoms with Crippen LogP contribution in [0.3, 0.4) is 0 Å². The van der Waals surface area contributed by atoms with Gasteiger partial charge in [-0.2, -0.15) is 5.26 Å². The highest BCUT2D eigenvalue weighted by Gasteiger charge is 2.17. The van der Waals surface area contributed by atoms with Crippen LogP contribution in [0, 0.1) is 11.3 Å². The summed E-state index contributed by atoms with van der Waals surface area (Å²) >= 11 is 1.32. The average molecular weight is 357 g/mol. The van der Waals surface area contributed by atoms with E-state index in [4.69, 9.17) is 5.26 Å². The van der Waals surface area contributed by atoms with Crippen LogP contribution in [0.2, 0.25) is 0 Å². The van der Waals surface area contributed by atoms with Gasteiger partial charge in [0.25, 0.3) is 0 Å². The van der Waals surface area contributed by atoms with Crippen LogP contribution in [0.5, 0.6) is 0 Å². The number of nitrogens with zero attached hydrogens (tertiary/aromatic N) is 7. The summed E-state index contributed by atoms with van der Waals surface area (Å²) < 4.78 is 1.92. The van der Waals surface area contributed by atoms with Crippen molar-refractivity contribution in [3.63, 3.8) is 0 Å². The fourth-order valence-electron chi connectivity index (χ4n) is 2.33. The van der Waals surface area contributed by atoms with Crippen molar-refractivity contribution >= 4 is 11.8 Å². The topological polar surface area (TPSA) is 93.2 Å². The highest BCUT2D eigenvalue weighted by atomic mass is 32.2. The Kier molecular flexibility index (Phi) is 4.37. The molecular weight excluding hydrogens is 346 g/mol. The lowest BCUT2D eigenvalue weighted by molar-refractivity contribution is 0.880. The van der Waals surface area contributed by atoms with Crippen molar-refractivity contribution in [3.05, 3.63) is 72.8 Å². The first-order valence-electron chi connectivity index (χ1n) is 7.67. The second-order valence-corrected chi connectivity index (χ2v) is 6.13. The van der Waals surface area contributed by atoms with E-state index in [0.717, 1.165) is 11.4 Å². The summed E-state index contributed by atoms with van der Waals surface area (Å²) in [7, 11) is 0. The molecule has 0 fully saturated rings. The number of benzene rings is 1. The van der Waals surface area contributed by atoms with Gasteiger partial charge in [-0.1, -0.05) is 24.3 Å². The molecule has 0 saturated carbocycles. The Bertz CT molecular complexity index is 1050. The van der Waals surface area contributed by atoms with Crippen LogP contribution in [0.4, 0.5) is 0 Å². The summed E-state index contributed by atoms with van der Waals surface area (Å²) in [5.74, 6) is 0.640. The van der Waals surface area contributed by atoms with Gasteiger partial charge in [0.15, 0.2) is 11.5 Å². The summed E-state index contributed by atoms with van der Waals surface area (Å²) in [6.07, 6.45) is 4.71. The predicted octanol–water partition coefficient (Wildman–Crippen LogP) is 3.14. The second kappa shape index (κ2) is 7.13. The largest absolute Gasteiger partial charge is 0.268 e. The molecule has 124 valence electrons. The van der Waals surface area contributed by atoms with E-state index in [9.17, 15) is 0 Å². The quantitative estimate of drug-likeness (QED) is 0.554. The molecule has 4 aromatic rings. The number of hydrogen-bond acceptors (Lipinski definition) is 7. The molecule has 7 nitrogen and oxygen atoms in total. The molecule has 0 aliphatic carbocycles. The Labute approximate surface area is 153 Å². The molecule has 0 unspecified atom stereocenters. The summed E-state index contributed by atoms with van der Waals surface area (Å²) in [6.45, 7) is 0. The highest BCUT2D eigenvalue weighted by molar-refractivity contribution is 7.99. The van der Waals surface area contributed by atoms with Gasteiger partial charge < -0.3 is 0 Å². The minimum atomic E-state index is 0.271. The molecule has 0 atom stereocenters. The van der Waals surface area contributed by atoms with E-state index < -0.39 is 0 Å². The van der Waals surface area contributed by atoms with Crippen molar-refractivity contribution in [2.75, 3.05) is 0 Å². The highest BCUT2D eigenvalue weighted by Crippen LogP contribution is 2.30. The van der Waals surface area contributed by atoms with Gasteiger partial charge in [0, 0.05) is 11.9 Å². The van der Waals surface area contributed by atoms with Crippen LogP contribution in [0.1, 0.15) is 5.69 Å². The van der Waals surface area contributed by atoms with E-state index in [0.29, 0.717) is 16.0 Å². The first kappa shape index (κ1) is 15.9. The lowest BCUT2D eigenvalue weighted by Crippen LogP contribution is -2.00. The molecule has 0 aliphatic rings. The molecule has 0 spiro atoms. The zero-order valence-electron chi connectivity index (χ0n) is 13.4. The van der Waals surface area contributed by atoms with Crippen LogP contribution >= 0.6 is 11.8 Å². The maximum atomic E-state index is 8.85. The number of hydrogen-bond donors (Lipinski definition) is 0. The third kappa shape index (κ3) is 3.16. The zero-order valence-corrected chi connectivity index (χ0v) is 14.2. The minimum Gasteiger partial charge on any atom is -0.268 e. The predicted molar refractivity (Wildman–Crippen MR) is 95.5 cm³/mol. The smallest absolute Gasteiger partial charge is 0.202 e. The van der Waals surface area contributed by atoms with Crippen molar-refractivity contribution in [1.82, 2.24) is 29.7 Å². The van der Waals surface area contributed by atoms with Crippen LogP contribution < -0.4 is 0 Å². The van der Waals surface area contributed by atoms with Gasteiger partial charge in [-0.05, 0) is 36.0 Å². The average Bonchev–Trinajstić information content (AvgIpc) is 3.13. The fraction of sp³-hybridized carbons (Fsp3) is 0. The van der Waals surface area contributed by atoms with Crippen LogP contribution in [0.15, 0.2) is 77.3 Å². The Hall–Kier alpha value is -3.57. The Morgan fingerprint density at radius 2 is 1.73 bits per heavy atom. The molecule has 4 rings (SSSR count). The van der Waals surface area contributed by atoms with Crippen molar-refractivity contribution in [1.29, 1.82) is 5.26 Å². The van der Waals surface area contributed by atoms with Crippen LogP contribution in [-0.4, -0.2) is 29.7 Å². The van der Waals surface area contributed by atoms with Crippen LogP contribution in [0.25, 0.3) is 17.2 Å². The Morgan fingerprint density at radius 1 is 0.885 bits per heavy atom. The maximum Gasteiger partial charge on any atom is 0.202 e. The molecule has 0 saturated heterocycles. The van der Waals surface area contributed by atoms with Crippen molar-refractivity contribution in [2.45, 2.75) is 10.2 Å². The molecule has 0 radical (unpaired) electrons.